The first kappa shape index (κ1) is 24.1. The third-order valence-corrected chi connectivity index (χ3v) is 9.02. The van der Waals surface area contributed by atoms with Crippen molar-refractivity contribution in [3.8, 4) is 0 Å². The van der Waals surface area contributed by atoms with Crippen molar-refractivity contribution in [1.29, 1.82) is 0 Å². The third kappa shape index (κ3) is 4.53. The number of aromatic nitrogens is 2. The molecule has 1 fully saturated rings. The first-order valence-electron chi connectivity index (χ1n) is 12.3. The Morgan fingerprint density at radius 2 is 1.74 bits per heavy atom. The highest BCUT2D eigenvalue weighted by atomic mass is 32.2. The summed E-state index contributed by atoms with van der Waals surface area (Å²) in [6.07, 6.45) is 9.65. The van der Waals surface area contributed by atoms with Gasteiger partial charge in [-0.15, -0.1) is 0 Å². The van der Waals surface area contributed by atoms with Crippen LogP contribution < -0.4 is 14.1 Å². The lowest BCUT2D eigenvalue weighted by atomic mass is 9.99. The van der Waals surface area contributed by atoms with Crippen molar-refractivity contribution in [2.45, 2.75) is 64.3 Å². The van der Waals surface area contributed by atoms with Crippen LogP contribution in [0.25, 0.3) is 0 Å². The Hall–Kier alpha value is -2.60. The van der Waals surface area contributed by atoms with Crippen LogP contribution in [0.15, 0.2) is 18.5 Å². The molecule has 2 aromatic rings. The summed E-state index contributed by atoms with van der Waals surface area (Å²) >= 11 is 0. The topological polar surface area (TPSA) is 123 Å². The number of quaternary nitrogens is 1. The Morgan fingerprint density at radius 1 is 1.11 bits per heavy atom. The number of anilines is 2. The smallest absolute Gasteiger partial charge is 0.436 e. The van der Waals surface area contributed by atoms with Gasteiger partial charge in [-0.05, 0) is 94.1 Å². The standard InChI is InChI=1S/C24H32N6O4S/c1-16-25-13-20(14-26-16)29(19-8-5-11-28(2)15-19)35(33,34)30(32)24(31)27-23-21-9-3-6-17(21)12-18-7-4-10-22(18)23/h12-14,19,30H,3-11,15H2,1-2H3,(H,27,31). The molecule has 2 unspecified atom stereocenters. The summed E-state index contributed by atoms with van der Waals surface area (Å²) in [7, 11) is -2.75. The second kappa shape index (κ2) is 9.45. The molecule has 3 aliphatic rings. The number of carbonyl (C=O) groups excluding carboxylic acids is 1. The summed E-state index contributed by atoms with van der Waals surface area (Å²) in [5.41, 5.74) is 5.32. The normalized spacial score (nSPS) is 20.8. The van der Waals surface area contributed by atoms with Crippen molar-refractivity contribution in [1.82, 2.24) is 14.9 Å². The number of benzene rings is 1. The Labute approximate surface area is 206 Å². The minimum Gasteiger partial charge on any atom is -0.608 e. The fourth-order valence-corrected chi connectivity index (χ4v) is 7.11. The molecule has 0 radical (unpaired) electrons. The summed E-state index contributed by atoms with van der Waals surface area (Å²) in [4.78, 5) is 23.5. The quantitative estimate of drug-likeness (QED) is 0.597. The molecular formula is C24H32N6O4S. The van der Waals surface area contributed by atoms with Gasteiger partial charge in [0.2, 0.25) is 0 Å². The van der Waals surface area contributed by atoms with E-state index < -0.39 is 26.8 Å². The number of likely N-dealkylation sites (tertiary alicyclic amines) is 1. The van der Waals surface area contributed by atoms with E-state index in [0.717, 1.165) is 66.9 Å². The largest absolute Gasteiger partial charge is 0.608 e. The van der Waals surface area contributed by atoms with Crippen LogP contribution in [0.3, 0.4) is 0 Å². The fraction of sp³-hybridized carbons (Fsp3) is 0.542. The highest BCUT2D eigenvalue weighted by molar-refractivity contribution is 7.86. The molecule has 35 heavy (non-hydrogen) atoms. The van der Waals surface area contributed by atoms with Gasteiger partial charge in [-0.1, -0.05) is 6.07 Å². The summed E-state index contributed by atoms with van der Waals surface area (Å²) in [6.45, 7) is 2.99. The summed E-state index contributed by atoms with van der Waals surface area (Å²) < 4.78 is 26.9. The van der Waals surface area contributed by atoms with Crippen LogP contribution in [0.4, 0.5) is 16.2 Å². The van der Waals surface area contributed by atoms with Crippen molar-refractivity contribution in [3.63, 3.8) is 0 Å². The number of hydroxylamine groups is 1. The number of hydrogen-bond acceptors (Lipinski definition) is 7. The molecule has 2 aliphatic carbocycles. The van der Waals surface area contributed by atoms with E-state index in [-0.39, 0.29) is 5.69 Å². The van der Waals surface area contributed by atoms with Crippen molar-refractivity contribution in [2.75, 3.05) is 29.8 Å². The van der Waals surface area contributed by atoms with Crippen LogP contribution in [-0.4, -0.2) is 55.5 Å². The SMILES string of the molecule is Cc1ncc(N(C2CCCN(C)C2)S(=O)(=O)[NH+]([O-])C(=O)Nc2c3c(cc4c2CCC4)CCC3)cn1. The predicted molar refractivity (Wildman–Crippen MR) is 133 cm³/mol. The molecule has 0 bridgehead atoms. The van der Waals surface area contributed by atoms with Crippen LogP contribution in [0.2, 0.25) is 0 Å². The van der Waals surface area contributed by atoms with Gasteiger partial charge < -0.3 is 10.1 Å². The lowest BCUT2D eigenvalue weighted by molar-refractivity contribution is -0.604. The molecule has 2 N–H and O–H groups in total. The maximum absolute atomic E-state index is 13.7. The molecule has 1 aliphatic heterocycles. The summed E-state index contributed by atoms with van der Waals surface area (Å²) in [6, 6.07) is 0.617. The van der Waals surface area contributed by atoms with Gasteiger partial charge >= 0.3 is 16.2 Å². The van der Waals surface area contributed by atoms with Crippen LogP contribution in [-0.2, 0) is 35.9 Å². The first-order chi connectivity index (χ1) is 16.8. The number of carbonyl (C=O) groups is 1. The van der Waals surface area contributed by atoms with E-state index in [9.17, 15) is 18.4 Å². The number of urea groups is 1. The number of fused-ring (bicyclic) bond motifs is 2. The van der Waals surface area contributed by atoms with E-state index >= 15 is 0 Å². The average molecular weight is 501 g/mol. The van der Waals surface area contributed by atoms with E-state index in [1.807, 2.05) is 11.9 Å². The molecule has 1 aromatic heterocycles. The van der Waals surface area contributed by atoms with Crippen molar-refractivity contribution < 1.29 is 17.7 Å². The van der Waals surface area contributed by atoms with Crippen molar-refractivity contribution in [2.24, 2.45) is 0 Å². The molecule has 2 atom stereocenters. The summed E-state index contributed by atoms with van der Waals surface area (Å²) in [5, 5.41) is 16.0. The zero-order valence-electron chi connectivity index (χ0n) is 20.2. The molecule has 10 nitrogen and oxygen atoms in total. The van der Waals surface area contributed by atoms with Gasteiger partial charge in [0.15, 0.2) is 0 Å². The van der Waals surface area contributed by atoms with Crippen LogP contribution in [0.5, 0.6) is 0 Å². The van der Waals surface area contributed by atoms with Gasteiger partial charge in [0.25, 0.3) is 0 Å². The number of piperidine rings is 1. The van der Waals surface area contributed by atoms with Gasteiger partial charge in [0, 0.05) is 6.54 Å². The van der Waals surface area contributed by atoms with E-state index in [1.165, 1.54) is 23.5 Å². The van der Waals surface area contributed by atoms with E-state index in [2.05, 4.69) is 21.4 Å². The van der Waals surface area contributed by atoms with Gasteiger partial charge in [-0.25, -0.2) is 19.1 Å². The molecule has 0 saturated carbocycles. The monoisotopic (exact) mass is 500 g/mol. The predicted octanol–water partition coefficient (Wildman–Crippen LogP) is 1.52. The lowest BCUT2D eigenvalue weighted by Crippen LogP contribution is -3.14. The van der Waals surface area contributed by atoms with Crippen LogP contribution in [0.1, 0.15) is 53.8 Å². The molecule has 188 valence electrons. The third-order valence-electron chi connectivity index (χ3n) is 7.34. The van der Waals surface area contributed by atoms with Gasteiger partial charge in [-0.2, -0.15) is 12.9 Å². The number of likely N-dealkylation sites (N-methyl/N-ethyl adjacent to an activating group) is 1. The van der Waals surface area contributed by atoms with Gasteiger partial charge in [0.05, 0.1) is 29.8 Å². The number of hydrogen-bond donors (Lipinski definition) is 2. The van der Waals surface area contributed by atoms with Gasteiger partial charge in [0.1, 0.15) is 5.82 Å². The number of amides is 2. The second-order valence-corrected chi connectivity index (χ2v) is 11.5. The zero-order valence-corrected chi connectivity index (χ0v) is 21.0. The first-order valence-corrected chi connectivity index (χ1v) is 13.7. The minimum atomic E-state index is -4.66. The molecule has 0 spiro atoms. The number of nitrogens with one attached hydrogen (secondary N) is 2. The molecule has 1 aromatic carbocycles. The molecule has 11 heteroatoms. The van der Waals surface area contributed by atoms with Crippen molar-refractivity contribution in [3.05, 3.63) is 51.7 Å². The molecule has 2 amide bonds. The highest BCUT2D eigenvalue weighted by Gasteiger charge is 2.41. The van der Waals surface area contributed by atoms with Gasteiger partial charge in [-0.3, -0.25) is 5.32 Å². The summed E-state index contributed by atoms with van der Waals surface area (Å²) in [5.74, 6) is 0.489. The number of nitrogens with zero attached hydrogens (tertiary/aromatic N) is 4. The highest BCUT2D eigenvalue weighted by Crippen LogP contribution is 2.38. The van der Waals surface area contributed by atoms with Crippen LogP contribution >= 0.6 is 0 Å². The van der Waals surface area contributed by atoms with Crippen molar-refractivity contribution >= 4 is 27.6 Å². The molecular weight excluding hydrogens is 468 g/mol. The average Bonchev–Trinajstić information content (AvgIpc) is 3.49. The maximum Gasteiger partial charge on any atom is 0.436 e. The maximum atomic E-state index is 13.7. The lowest BCUT2D eigenvalue weighted by Gasteiger charge is -2.38. The zero-order chi connectivity index (χ0) is 24.7. The second-order valence-electron chi connectivity index (χ2n) is 9.82. The number of rotatable bonds is 5. The van der Waals surface area contributed by atoms with E-state index in [4.69, 9.17) is 0 Å². The molecule has 1 saturated heterocycles. The molecule has 2 heterocycles. The fourth-order valence-electron chi connectivity index (χ4n) is 5.71. The Bertz CT molecular complexity index is 1200. The Kier molecular flexibility index (Phi) is 6.51. The molecule has 5 rings (SSSR count). The van der Waals surface area contributed by atoms with E-state index in [0.29, 0.717) is 24.5 Å². The Balaban J connectivity index is 1.47. The minimum absolute atomic E-state index is 0.193. The van der Waals surface area contributed by atoms with Crippen LogP contribution in [0, 0.1) is 12.1 Å². The number of aryl methyl sites for hydroxylation is 3. The Morgan fingerprint density at radius 3 is 2.34 bits per heavy atom. The van der Waals surface area contributed by atoms with E-state index in [1.54, 1.807) is 6.92 Å².